The van der Waals surface area contributed by atoms with Crippen LogP contribution in [0.4, 0.5) is 10.1 Å². The highest BCUT2D eigenvalue weighted by Crippen LogP contribution is 2.27. The van der Waals surface area contributed by atoms with Crippen LogP contribution in [-0.2, 0) is 10.4 Å². The van der Waals surface area contributed by atoms with Gasteiger partial charge in [0.1, 0.15) is 0 Å². The first kappa shape index (κ1) is 17.0. The summed E-state index contributed by atoms with van der Waals surface area (Å²) in [5, 5.41) is 10.5. The van der Waals surface area contributed by atoms with E-state index in [2.05, 4.69) is 0 Å². The normalized spacial score (nSPS) is 13.3. The van der Waals surface area contributed by atoms with Crippen molar-refractivity contribution in [2.75, 3.05) is 19.1 Å². The molecule has 23 heavy (non-hydrogen) atoms. The van der Waals surface area contributed by atoms with Gasteiger partial charge in [-0.3, -0.25) is 4.79 Å². The van der Waals surface area contributed by atoms with Crippen molar-refractivity contribution in [3.05, 3.63) is 59.9 Å². The molecule has 0 spiro atoms. The number of carbonyl (C=O) groups is 1. The fourth-order valence-corrected chi connectivity index (χ4v) is 2.32. The molecule has 1 unspecified atom stereocenters. The highest BCUT2D eigenvalue weighted by Gasteiger charge is 2.28. The van der Waals surface area contributed by atoms with Gasteiger partial charge in [0.2, 0.25) is 5.91 Å². The number of hydrogen-bond acceptors (Lipinski definition) is 3. The largest absolute Gasteiger partial charge is 0.494 e. The van der Waals surface area contributed by atoms with Crippen LogP contribution < -0.4 is 9.64 Å². The molecule has 0 aliphatic carbocycles. The van der Waals surface area contributed by atoms with Crippen molar-refractivity contribution >= 4 is 11.6 Å². The van der Waals surface area contributed by atoms with Gasteiger partial charge in [0.15, 0.2) is 11.6 Å². The van der Waals surface area contributed by atoms with Crippen LogP contribution >= 0.6 is 0 Å². The summed E-state index contributed by atoms with van der Waals surface area (Å²) >= 11 is 0. The number of hydrogen-bond donors (Lipinski definition) is 1. The van der Waals surface area contributed by atoms with E-state index >= 15 is 0 Å². The van der Waals surface area contributed by atoms with Gasteiger partial charge in [-0.25, -0.2) is 4.39 Å². The van der Waals surface area contributed by atoms with Crippen molar-refractivity contribution in [1.82, 2.24) is 0 Å². The zero-order valence-electron chi connectivity index (χ0n) is 13.4. The quantitative estimate of drug-likeness (QED) is 0.922. The van der Waals surface area contributed by atoms with Crippen LogP contribution in [0.3, 0.4) is 0 Å². The van der Waals surface area contributed by atoms with Crippen molar-refractivity contribution in [2.45, 2.75) is 18.9 Å². The molecular formula is C18H20FNO3. The van der Waals surface area contributed by atoms with Crippen LogP contribution in [0.25, 0.3) is 0 Å². The second-order valence-corrected chi connectivity index (χ2v) is 5.59. The lowest BCUT2D eigenvalue weighted by molar-refractivity contribution is -0.123. The Morgan fingerprint density at radius 2 is 1.91 bits per heavy atom. The molecule has 2 aromatic carbocycles. The Morgan fingerprint density at radius 3 is 2.48 bits per heavy atom. The van der Waals surface area contributed by atoms with E-state index in [1.54, 1.807) is 44.3 Å². The highest BCUT2D eigenvalue weighted by molar-refractivity contribution is 5.93. The average Bonchev–Trinajstić information content (AvgIpc) is 2.54. The van der Waals surface area contributed by atoms with Gasteiger partial charge in [0.05, 0.1) is 19.1 Å². The van der Waals surface area contributed by atoms with Crippen molar-refractivity contribution in [3.8, 4) is 5.75 Å². The monoisotopic (exact) mass is 317 g/mol. The Hall–Kier alpha value is -2.40. The van der Waals surface area contributed by atoms with E-state index in [1.165, 1.54) is 24.1 Å². The number of ether oxygens (including phenoxy) is 1. The van der Waals surface area contributed by atoms with Crippen LogP contribution in [0.5, 0.6) is 5.75 Å². The fourth-order valence-electron chi connectivity index (χ4n) is 2.32. The molecule has 0 aromatic heterocycles. The first-order valence-electron chi connectivity index (χ1n) is 7.23. The first-order valence-corrected chi connectivity index (χ1v) is 7.23. The molecule has 4 nitrogen and oxygen atoms in total. The van der Waals surface area contributed by atoms with Gasteiger partial charge in [-0.1, -0.05) is 30.3 Å². The van der Waals surface area contributed by atoms with E-state index in [0.29, 0.717) is 11.3 Å². The van der Waals surface area contributed by atoms with Crippen molar-refractivity contribution in [2.24, 2.45) is 0 Å². The molecule has 5 heteroatoms. The van der Waals surface area contributed by atoms with Crippen LogP contribution in [0.2, 0.25) is 0 Å². The third-order valence-corrected chi connectivity index (χ3v) is 3.79. The summed E-state index contributed by atoms with van der Waals surface area (Å²) in [6.45, 7) is 1.59. The number of benzene rings is 2. The third kappa shape index (κ3) is 3.87. The minimum absolute atomic E-state index is 0.110. The molecule has 0 fully saturated rings. The Labute approximate surface area is 135 Å². The van der Waals surface area contributed by atoms with Crippen LogP contribution in [-0.4, -0.2) is 25.2 Å². The highest BCUT2D eigenvalue weighted by atomic mass is 19.1. The maximum Gasteiger partial charge on any atom is 0.229 e. The molecule has 0 aliphatic heterocycles. The van der Waals surface area contributed by atoms with Gasteiger partial charge < -0.3 is 14.7 Å². The molecule has 1 amide bonds. The summed E-state index contributed by atoms with van der Waals surface area (Å²) in [6, 6.07) is 13.3. The third-order valence-electron chi connectivity index (χ3n) is 3.79. The summed E-state index contributed by atoms with van der Waals surface area (Å²) < 4.78 is 18.6. The molecule has 0 saturated heterocycles. The van der Waals surface area contributed by atoms with E-state index in [1.807, 2.05) is 6.07 Å². The van der Waals surface area contributed by atoms with E-state index in [9.17, 15) is 14.3 Å². The molecule has 0 heterocycles. The van der Waals surface area contributed by atoms with Gasteiger partial charge in [0, 0.05) is 18.8 Å². The zero-order chi connectivity index (χ0) is 17.0. The minimum atomic E-state index is -1.29. The molecule has 1 atom stereocenters. The Balaban J connectivity index is 2.15. The zero-order valence-corrected chi connectivity index (χ0v) is 13.4. The Morgan fingerprint density at radius 1 is 1.26 bits per heavy atom. The molecule has 2 rings (SSSR count). The van der Waals surface area contributed by atoms with Crippen molar-refractivity contribution in [1.29, 1.82) is 0 Å². The Kier molecular flexibility index (Phi) is 5.01. The van der Waals surface area contributed by atoms with E-state index in [0.717, 1.165) is 0 Å². The number of methoxy groups -OCH3 is 1. The van der Waals surface area contributed by atoms with Gasteiger partial charge >= 0.3 is 0 Å². The molecule has 0 aliphatic rings. The second kappa shape index (κ2) is 6.79. The molecule has 1 N–H and O–H groups in total. The lowest BCUT2D eigenvalue weighted by Crippen LogP contribution is -2.34. The maximum absolute atomic E-state index is 13.8. The standard InChI is InChI=1S/C18H20FNO3/c1-18(22,13-7-5-4-6-8-13)12-17(21)20(2)14-9-10-16(23-3)15(19)11-14/h4-11,22H,12H2,1-3H3. The number of aliphatic hydroxyl groups is 1. The lowest BCUT2D eigenvalue weighted by atomic mass is 9.92. The minimum Gasteiger partial charge on any atom is -0.494 e. The van der Waals surface area contributed by atoms with Crippen LogP contribution in [0.15, 0.2) is 48.5 Å². The predicted octanol–water partition coefficient (Wildman–Crippen LogP) is 3.09. The summed E-state index contributed by atoms with van der Waals surface area (Å²) in [5.74, 6) is -0.742. The second-order valence-electron chi connectivity index (χ2n) is 5.59. The van der Waals surface area contributed by atoms with Gasteiger partial charge in [-0.2, -0.15) is 0 Å². The topological polar surface area (TPSA) is 49.8 Å². The summed E-state index contributed by atoms with van der Waals surface area (Å²) in [7, 11) is 2.93. The number of anilines is 1. The van der Waals surface area contributed by atoms with Crippen molar-refractivity contribution < 1.29 is 19.0 Å². The van der Waals surface area contributed by atoms with Crippen LogP contribution in [0.1, 0.15) is 18.9 Å². The molecule has 0 saturated carbocycles. The van der Waals surface area contributed by atoms with Crippen molar-refractivity contribution in [3.63, 3.8) is 0 Å². The molecular weight excluding hydrogens is 297 g/mol. The van der Waals surface area contributed by atoms with Gasteiger partial charge in [0.25, 0.3) is 0 Å². The maximum atomic E-state index is 13.8. The molecule has 0 bridgehead atoms. The average molecular weight is 317 g/mol. The number of halogens is 1. The number of nitrogens with zero attached hydrogens (tertiary/aromatic N) is 1. The number of amides is 1. The lowest BCUT2D eigenvalue weighted by Gasteiger charge is -2.26. The number of rotatable bonds is 5. The summed E-state index contributed by atoms with van der Waals surface area (Å²) in [4.78, 5) is 13.7. The van der Waals surface area contributed by atoms with Crippen LogP contribution in [0, 0.1) is 5.82 Å². The molecule has 122 valence electrons. The smallest absolute Gasteiger partial charge is 0.229 e. The summed E-state index contributed by atoms with van der Waals surface area (Å²) in [6.07, 6.45) is -0.110. The molecule has 0 radical (unpaired) electrons. The first-order chi connectivity index (χ1) is 10.8. The van der Waals surface area contributed by atoms with E-state index < -0.39 is 11.4 Å². The number of carbonyl (C=O) groups excluding carboxylic acids is 1. The Bertz CT molecular complexity index is 686. The summed E-state index contributed by atoms with van der Waals surface area (Å²) in [5.41, 5.74) is -0.239. The fraction of sp³-hybridized carbons (Fsp3) is 0.278. The SMILES string of the molecule is COc1ccc(N(C)C(=O)CC(C)(O)c2ccccc2)cc1F. The van der Waals surface area contributed by atoms with Gasteiger partial charge in [-0.05, 0) is 24.6 Å². The van der Waals surface area contributed by atoms with Gasteiger partial charge in [-0.15, -0.1) is 0 Å². The predicted molar refractivity (Wildman–Crippen MR) is 87.0 cm³/mol. The van der Waals surface area contributed by atoms with E-state index in [-0.39, 0.29) is 18.1 Å². The molecule has 2 aromatic rings. The van der Waals surface area contributed by atoms with E-state index in [4.69, 9.17) is 4.74 Å².